The van der Waals surface area contributed by atoms with Crippen molar-refractivity contribution in [3.63, 3.8) is 0 Å². The fourth-order valence-corrected chi connectivity index (χ4v) is 5.55. The molecule has 0 spiro atoms. The lowest BCUT2D eigenvalue weighted by Crippen LogP contribution is -2.36. The first-order valence-electron chi connectivity index (χ1n) is 10.8. The molecule has 0 atom stereocenters. The summed E-state index contributed by atoms with van der Waals surface area (Å²) in [5, 5.41) is 2.63. The van der Waals surface area contributed by atoms with E-state index in [1.807, 2.05) is 0 Å². The van der Waals surface area contributed by atoms with Crippen LogP contribution in [0.5, 0.6) is 11.5 Å². The first-order valence-corrected chi connectivity index (χ1v) is 12.3. The number of carbonyl (C=O) groups excluding carboxylic acids is 2. The lowest BCUT2D eigenvalue weighted by atomic mass is 10.1. The second kappa shape index (κ2) is 9.80. The van der Waals surface area contributed by atoms with Crippen molar-refractivity contribution in [2.45, 2.75) is 31.1 Å². The van der Waals surface area contributed by atoms with E-state index in [2.05, 4.69) is 5.32 Å². The number of ether oxygens (including phenoxy) is 3. The van der Waals surface area contributed by atoms with Gasteiger partial charge in [0.05, 0.1) is 10.5 Å². The molecule has 0 saturated carbocycles. The Labute approximate surface area is 192 Å². The molecular weight excluding hydrogens is 448 g/mol. The highest BCUT2D eigenvalue weighted by Crippen LogP contribution is 2.32. The number of anilines is 1. The topological polar surface area (TPSA) is 111 Å². The van der Waals surface area contributed by atoms with Crippen LogP contribution in [0, 0.1) is 6.92 Å². The number of carbonyl (C=O) groups is 2. The Hall–Kier alpha value is -3.11. The lowest BCUT2D eigenvalue weighted by molar-refractivity contribution is -0.119. The third-order valence-electron chi connectivity index (χ3n) is 5.52. The molecule has 10 heteroatoms. The average Bonchev–Trinajstić information content (AvgIpc) is 2.83. The van der Waals surface area contributed by atoms with Crippen LogP contribution in [-0.4, -0.2) is 57.5 Å². The van der Waals surface area contributed by atoms with E-state index in [-0.39, 0.29) is 10.5 Å². The van der Waals surface area contributed by atoms with Gasteiger partial charge in [0, 0.05) is 24.8 Å². The number of aryl methyl sites for hydroxylation is 1. The molecule has 1 amide bonds. The maximum Gasteiger partial charge on any atom is 0.338 e. The zero-order valence-corrected chi connectivity index (χ0v) is 19.2. The standard InChI is InChI=1S/C23H26N2O7S/c1-16-5-6-17(13-21(16)33(28,29)25-9-3-2-4-10-25)23(27)32-15-22(26)24-18-7-8-19-20(14-18)31-12-11-30-19/h5-8,13-14H,2-4,9-12,15H2,1H3,(H,24,26). The first kappa shape index (κ1) is 23.1. The number of benzene rings is 2. The summed E-state index contributed by atoms with van der Waals surface area (Å²) in [6.07, 6.45) is 2.64. The van der Waals surface area contributed by atoms with Crippen LogP contribution in [0.15, 0.2) is 41.3 Å². The van der Waals surface area contributed by atoms with Gasteiger partial charge >= 0.3 is 5.97 Å². The summed E-state index contributed by atoms with van der Waals surface area (Å²) >= 11 is 0. The second-order valence-corrected chi connectivity index (χ2v) is 9.83. The fraction of sp³-hybridized carbons (Fsp3) is 0.391. The van der Waals surface area contributed by atoms with Crippen molar-refractivity contribution in [2.75, 3.05) is 38.2 Å². The van der Waals surface area contributed by atoms with E-state index >= 15 is 0 Å². The van der Waals surface area contributed by atoms with Crippen molar-refractivity contribution in [3.05, 3.63) is 47.5 Å². The van der Waals surface area contributed by atoms with Gasteiger partial charge in [-0.3, -0.25) is 4.79 Å². The zero-order chi connectivity index (χ0) is 23.4. The molecule has 2 aromatic carbocycles. The summed E-state index contributed by atoms with van der Waals surface area (Å²) in [5.74, 6) is -0.186. The molecule has 2 heterocycles. The SMILES string of the molecule is Cc1ccc(C(=O)OCC(=O)Nc2ccc3c(c2)OCCO3)cc1S(=O)(=O)N1CCCCC1. The highest BCUT2D eigenvalue weighted by Gasteiger charge is 2.28. The van der Waals surface area contributed by atoms with Gasteiger partial charge in [-0.25, -0.2) is 13.2 Å². The monoisotopic (exact) mass is 474 g/mol. The summed E-state index contributed by atoms with van der Waals surface area (Å²) in [6, 6.07) is 9.36. The van der Waals surface area contributed by atoms with Gasteiger partial charge in [0.15, 0.2) is 18.1 Å². The van der Waals surface area contributed by atoms with Crippen molar-refractivity contribution in [2.24, 2.45) is 0 Å². The Kier molecular flexibility index (Phi) is 6.85. The smallest absolute Gasteiger partial charge is 0.338 e. The molecule has 0 aliphatic carbocycles. The summed E-state index contributed by atoms with van der Waals surface area (Å²) < 4.78 is 43.6. The molecule has 9 nitrogen and oxygen atoms in total. The van der Waals surface area contributed by atoms with E-state index in [0.29, 0.717) is 49.1 Å². The van der Waals surface area contributed by atoms with Crippen LogP contribution in [0.25, 0.3) is 0 Å². The maximum atomic E-state index is 13.0. The fourth-order valence-electron chi connectivity index (χ4n) is 3.78. The first-order chi connectivity index (χ1) is 15.8. The van der Waals surface area contributed by atoms with Crippen LogP contribution in [-0.2, 0) is 19.6 Å². The number of fused-ring (bicyclic) bond motifs is 1. The highest BCUT2D eigenvalue weighted by atomic mass is 32.2. The van der Waals surface area contributed by atoms with Crippen molar-refractivity contribution >= 4 is 27.6 Å². The normalized spacial score (nSPS) is 16.2. The quantitative estimate of drug-likeness (QED) is 0.641. The van der Waals surface area contributed by atoms with Crippen molar-refractivity contribution in [1.82, 2.24) is 4.31 Å². The zero-order valence-electron chi connectivity index (χ0n) is 18.3. The van der Waals surface area contributed by atoms with Gasteiger partial charge in [0.1, 0.15) is 13.2 Å². The number of nitrogens with zero attached hydrogens (tertiary/aromatic N) is 1. The number of piperidine rings is 1. The van der Waals surface area contributed by atoms with Crippen LogP contribution in [0.3, 0.4) is 0 Å². The second-order valence-electron chi connectivity index (χ2n) is 7.93. The minimum absolute atomic E-state index is 0.0725. The van der Waals surface area contributed by atoms with Crippen LogP contribution in [0.1, 0.15) is 35.2 Å². The third-order valence-corrected chi connectivity index (χ3v) is 7.56. The van der Waals surface area contributed by atoms with Crippen LogP contribution < -0.4 is 14.8 Å². The molecular formula is C23H26N2O7S. The number of rotatable bonds is 6. The Morgan fingerprint density at radius 1 is 1.00 bits per heavy atom. The summed E-state index contributed by atoms with van der Waals surface area (Å²) in [4.78, 5) is 24.8. The number of nitrogens with one attached hydrogen (secondary N) is 1. The van der Waals surface area contributed by atoms with Crippen molar-refractivity contribution in [1.29, 1.82) is 0 Å². The summed E-state index contributed by atoms with van der Waals surface area (Å²) in [6.45, 7) is 3.00. The Morgan fingerprint density at radius 2 is 1.73 bits per heavy atom. The van der Waals surface area contributed by atoms with Crippen LogP contribution in [0.2, 0.25) is 0 Å². The molecule has 0 aromatic heterocycles. The minimum Gasteiger partial charge on any atom is -0.486 e. The molecule has 33 heavy (non-hydrogen) atoms. The van der Waals surface area contributed by atoms with Crippen molar-refractivity contribution < 1.29 is 32.2 Å². The molecule has 4 rings (SSSR count). The predicted octanol–water partition coefficient (Wildman–Crippen LogP) is 2.74. The van der Waals surface area contributed by atoms with Gasteiger partial charge in [-0.15, -0.1) is 0 Å². The average molecular weight is 475 g/mol. The number of amides is 1. The molecule has 1 fully saturated rings. The number of sulfonamides is 1. The predicted molar refractivity (Wildman–Crippen MR) is 120 cm³/mol. The molecule has 2 aliphatic rings. The number of esters is 1. The third kappa shape index (κ3) is 5.28. The van der Waals surface area contributed by atoms with Crippen molar-refractivity contribution in [3.8, 4) is 11.5 Å². The van der Waals surface area contributed by atoms with Gasteiger partial charge in [0.25, 0.3) is 5.91 Å². The molecule has 0 radical (unpaired) electrons. The van der Waals surface area contributed by atoms with E-state index < -0.39 is 28.5 Å². The van der Waals surface area contributed by atoms with Gasteiger partial charge in [-0.05, 0) is 49.6 Å². The molecule has 1 N–H and O–H groups in total. The van der Waals surface area contributed by atoms with E-state index in [1.165, 1.54) is 16.4 Å². The van der Waals surface area contributed by atoms with E-state index in [9.17, 15) is 18.0 Å². The van der Waals surface area contributed by atoms with Crippen LogP contribution in [0.4, 0.5) is 5.69 Å². The van der Waals surface area contributed by atoms with Gasteiger partial charge in [-0.1, -0.05) is 12.5 Å². The highest BCUT2D eigenvalue weighted by molar-refractivity contribution is 7.89. The summed E-state index contributed by atoms with van der Waals surface area (Å²) in [7, 11) is -3.70. The minimum atomic E-state index is -3.70. The van der Waals surface area contributed by atoms with Crippen LogP contribution >= 0.6 is 0 Å². The van der Waals surface area contributed by atoms with E-state index in [1.54, 1.807) is 31.2 Å². The number of hydrogen-bond donors (Lipinski definition) is 1. The number of hydrogen-bond acceptors (Lipinski definition) is 7. The summed E-state index contributed by atoms with van der Waals surface area (Å²) in [5.41, 5.74) is 1.10. The molecule has 0 unspecified atom stereocenters. The molecule has 1 saturated heterocycles. The van der Waals surface area contributed by atoms with Gasteiger partial charge < -0.3 is 19.5 Å². The van der Waals surface area contributed by atoms with Gasteiger partial charge in [0.2, 0.25) is 10.0 Å². The molecule has 176 valence electrons. The van der Waals surface area contributed by atoms with E-state index in [4.69, 9.17) is 14.2 Å². The molecule has 0 bridgehead atoms. The molecule has 2 aliphatic heterocycles. The molecule has 2 aromatic rings. The largest absolute Gasteiger partial charge is 0.486 e. The lowest BCUT2D eigenvalue weighted by Gasteiger charge is -2.26. The Balaban J connectivity index is 1.39. The maximum absolute atomic E-state index is 13.0. The van der Waals surface area contributed by atoms with E-state index in [0.717, 1.165) is 19.3 Å². The van der Waals surface area contributed by atoms with Gasteiger partial charge in [-0.2, -0.15) is 4.31 Å². The Morgan fingerprint density at radius 3 is 2.48 bits per heavy atom. The Bertz CT molecular complexity index is 1160.